The number of nitrogens with zero attached hydrogens (tertiary/aromatic N) is 3. The summed E-state index contributed by atoms with van der Waals surface area (Å²) in [6, 6.07) is 7.93. The summed E-state index contributed by atoms with van der Waals surface area (Å²) in [5.74, 6) is -1.74. The molecule has 1 aromatic carbocycles. The van der Waals surface area contributed by atoms with E-state index in [0.29, 0.717) is 18.8 Å². The molecular formula is C18H16F3N3O3. The van der Waals surface area contributed by atoms with Crippen molar-refractivity contribution in [2.24, 2.45) is 0 Å². The SMILES string of the molecule is O=C(O)c1ncccc1C(=O)N1CCN(c2cccc(C(F)(F)F)c2)CC1. The van der Waals surface area contributed by atoms with Crippen molar-refractivity contribution in [2.75, 3.05) is 31.1 Å². The van der Waals surface area contributed by atoms with E-state index in [9.17, 15) is 22.8 Å². The van der Waals surface area contributed by atoms with Gasteiger partial charge in [0, 0.05) is 38.1 Å². The number of halogens is 3. The van der Waals surface area contributed by atoms with Crippen LogP contribution >= 0.6 is 0 Å². The van der Waals surface area contributed by atoms with E-state index in [1.54, 1.807) is 11.0 Å². The van der Waals surface area contributed by atoms with Crippen LogP contribution in [0, 0.1) is 0 Å². The molecule has 1 saturated heterocycles. The van der Waals surface area contributed by atoms with Gasteiger partial charge in [0.25, 0.3) is 5.91 Å². The van der Waals surface area contributed by atoms with Crippen LogP contribution in [0.25, 0.3) is 0 Å². The molecule has 0 spiro atoms. The average molecular weight is 379 g/mol. The number of benzene rings is 1. The predicted molar refractivity (Wildman–Crippen MR) is 90.8 cm³/mol. The fourth-order valence-electron chi connectivity index (χ4n) is 2.97. The maximum absolute atomic E-state index is 12.9. The molecule has 1 aromatic heterocycles. The molecule has 0 aliphatic carbocycles. The van der Waals surface area contributed by atoms with Crippen molar-refractivity contribution in [1.29, 1.82) is 0 Å². The van der Waals surface area contributed by atoms with Crippen molar-refractivity contribution in [3.63, 3.8) is 0 Å². The highest BCUT2D eigenvalue weighted by molar-refractivity contribution is 6.03. The van der Waals surface area contributed by atoms with Gasteiger partial charge in [-0.25, -0.2) is 9.78 Å². The van der Waals surface area contributed by atoms with Gasteiger partial charge in [-0.1, -0.05) is 6.07 Å². The number of aromatic carboxylic acids is 1. The van der Waals surface area contributed by atoms with Crippen molar-refractivity contribution < 1.29 is 27.9 Å². The lowest BCUT2D eigenvalue weighted by molar-refractivity contribution is -0.137. The number of hydrogen-bond acceptors (Lipinski definition) is 4. The minimum Gasteiger partial charge on any atom is -0.476 e. The molecule has 27 heavy (non-hydrogen) atoms. The summed E-state index contributed by atoms with van der Waals surface area (Å²) < 4.78 is 38.6. The Morgan fingerprint density at radius 1 is 1.04 bits per heavy atom. The Bertz CT molecular complexity index is 862. The first kappa shape index (κ1) is 18.7. The number of anilines is 1. The molecule has 1 aliphatic heterocycles. The first-order chi connectivity index (χ1) is 12.8. The molecule has 9 heteroatoms. The lowest BCUT2D eigenvalue weighted by Gasteiger charge is -2.36. The Hall–Kier alpha value is -3.10. The third-order valence-electron chi connectivity index (χ3n) is 4.35. The van der Waals surface area contributed by atoms with Crippen molar-refractivity contribution in [3.8, 4) is 0 Å². The summed E-state index contributed by atoms with van der Waals surface area (Å²) in [5.41, 5.74) is -0.607. The van der Waals surface area contributed by atoms with Gasteiger partial charge >= 0.3 is 12.1 Å². The number of alkyl halides is 3. The molecule has 1 amide bonds. The highest BCUT2D eigenvalue weighted by Gasteiger charge is 2.31. The van der Waals surface area contributed by atoms with Crippen LogP contribution < -0.4 is 4.90 Å². The molecule has 0 saturated carbocycles. The molecule has 142 valence electrons. The van der Waals surface area contributed by atoms with Crippen molar-refractivity contribution in [1.82, 2.24) is 9.88 Å². The minimum absolute atomic E-state index is 0.00230. The summed E-state index contributed by atoms with van der Waals surface area (Å²) in [5, 5.41) is 9.16. The predicted octanol–water partition coefficient (Wildman–Crippen LogP) is 2.76. The van der Waals surface area contributed by atoms with E-state index >= 15 is 0 Å². The monoisotopic (exact) mass is 379 g/mol. The number of carboxylic acids is 1. The van der Waals surface area contributed by atoms with Gasteiger partial charge in [-0.05, 0) is 30.3 Å². The summed E-state index contributed by atoms with van der Waals surface area (Å²) in [6.07, 6.45) is -3.12. The zero-order valence-electron chi connectivity index (χ0n) is 14.1. The van der Waals surface area contributed by atoms with Gasteiger partial charge in [-0.2, -0.15) is 13.2 Å². The number of carbonyl (C=O) groups is 2. The van der Waals surface area contributed by atoms with Gasteiger partial charge in [0.2, 0.25) is 0 Å². The highest BCUT2D eigenvalue weighted by atomic mass is 19.4. The van der Waals surface area contributed by atoms with Gasteiger partial charge in [0.1, 0.15) is 0 Å². The van der Waals surface area contributed by atoms with E-state index in [2.05, 4.69) is 4.98 Å². The smallest absolute Gasteiger partial charge is 0.416 e. The fourth-order valence-corrected chi connectivity index (χ4v) is 2.97. The molecule has 2 heterocycles. The maximum Gasteiger partial charge on any atom is 0.416 e. The Morgan fingerprint density at radius 3 is 2.37 bits per heavy atom. The van der Waals surface area contributed by atoms with Gasteiger partial charge in [0.15, 0.2) is 5.69 Å². The molecule has 1 aliphatic rings. The second kappa shape index (κ2) is 7.26. The Balaban J connectivity index is 1.71. The fraction of sp³-hybridized carbons (Fsp3) is 0.278. The number of carboxylic acid groups (broad SMARTS) is 1. The quantitative estimate of drug-likeness (QED) is 0.888. The number of hydrogen-bond donors (Lipinski definition) is 1. The van der Waals surface area contributed by atoms with Gasteiger partial charge in [-0.15, -0.1) is 0 Å². The minimum atomic E-state index is -4.42. The number of pyridine rings is 1. The van der Waals surface area contributed by atoms with Crippen LogP contribution in [0.4, 0.5) is 18.9 Å². The lowest BCUT2D eigenvalue weighted by atomic mass is 10.1. The number of piperazine rings is 1. The van der Waals surface area contributed by atoms with Gasteiger partial charge < -0.3 is 14.9 Å². The van der Waals surface area contributed by atoms with Crippen LogP contribution in [-0.2, 0) is 6.18 Å². The van der Waals surface area contributed by atoms with Crippen LogP contribution in [0.5, 0.6) is 0 Å². The molecule has 1 N–H and O–H groups in total. The molecule has 1 fully saturated rings. The number of carbonyl (C=O) groups excluding carboxylic acids is 1. The van der Waals surface area contributed by atoms with E-state index in [0.717, 1.165) is 12.1 Å². The Labute approximate surface area is 152 Å². The van der Waals surface area contributed by atoms with Crippen LogP contribution in [0.1, 0.15) is 26.4 Å². The van der Waals surface area contributed by atoms with Crippen molar-refractivity contribution >= 4 is 17.6 Å². The topological polar surface area (TPSA) is 73.7 Å². The molecular weight excluding hydrogens is 363 g/mol. The van der Waals surface area contributed by atoms with E-state index < -0.39 is 23.6 Å². The standard InChI is InChI=1S/C18H16F3N3O3/c19-18(20,21)12-3-1-4-13(11-12)23-7-9-24(10-8-23)16(25)14-5-2-6-22-15(14)17(26)27/h1-6,11H,7-10H2,(H,26,27). The normalized spacial score (nSPS) is 14.9. The van der Waals surface area contributed by atoms with Crippen LogP contribution in [0.15, 0.2) is 42.6 Å². The number of aromatic nitrogens is 1. The molecule has 3 rings (SSSR count). The van der Waals surface area contributed by atoms with E-state index in [4.69, 9.17) is 5.11 Å². The number of amides is 1. The first-order valence-corrected chi connectivity index (χ1v) is 8.17. The zero-order chi connectivity index (χ0) is 19.6. The van der Waals surface area contributed by atoms with Crippen molar-refractivity contribution in [2.45, 2.75) is 6.18 Å². The molecule has 0 bridgehead atoms. The van der Waals surface area contributed by atoms with Crippen molar-refractivity contribution in [3.05, 3.63) is 59.4 Å². The summed E-state index contributed by atoms with van der Waals surface area (Å²) in [6.45, 7) is 1.22. The maximum atomic E-state index is 12.9. The molecule has 0 atom stereocenters. The Kier molecular flexibility index (Phi) is 5.02. The van der Waals surface area contributed by atoms with Crippen LogP contribution in [-0.4, -0.2) is 53.0 Å². The highest BCUT2D eigenvalue weighted by Crippen LogP contribution is 2.32. The molecule has 2 aromatic rings. The molecule has 6 nitrogen and oxygen atoms in total. The van der Waals surface area contributed by atoms with Gasteiger partial charge in [-0.3, -0.25) is 4.79 Å². The largest absolute Gasteiger partial charge is 0.476 e. The van der Waals surface area contributed by atoms with E-state index in [-0.39, 0.29) is 24.3 Å². The molecule has 0 unspecified atom stereocenters. The van der Waals surface area contributed by atoms with E-state index in [1.807, 2.05) is 0 Å². The first-order valence-electron chi connectivity index (χ1n) is 8.17. The third-order valence-corrected chi connectivity index (χ3v) is 4.35. The van der Waals surface area contributed by atoms with Crippen LogP contribution in [0.2, 0.25) is 0 Å². The van der Waals surface area contributed by atoms with Gasteiger partial charge in [0.05, 0.1) is 11.1 Å². The zero-order valence-corrected chi connectivity index (χ0v) is 14.1. The lowest BCUT2D eigenvalue weighted by Crippen LogP contribution is -2.49. The summed E-state index contributed by atoms with van der Waals surface area (Å²) in [4.78, 5) is 30.8. The Morgan fingerprint density at radius 2 is 1.74 bits per heavy atom. The van der Waals surface area contributed by atoms with E-state index in [1.165, 1.54) is 29.3 Å². The average Bonchev–Trinajstić information content (AvgIpc) is 2.67. The second-order valence-corrected chi connectivity index (χ2v) is 6.03. The van der Waals surface area contributed by atoms with Crippen LogP contribution in [0.3, 0.4) is 0 Å². The molecule has 0 radical (unpaired) electrons. The third kappa shape index (κ3) is 4.02. The number of rotatable bonds is 3. The summed E-state index contributed by atoms with van der Waals surface area (Å²) in [7, 11) is 0. The summed E-state index contributed by atoms with van der Waals surface area (Å²) >= 11 is 0. The second-order valence-electron chi connectivity index (χ2n) is 6.03.